The average Bonchev–Trinajstić information content (AvgIpc) is 2.90. The zero-order valence-corrected chi connectivity index (χ0v) is 23.6. The SMILES string of the molecule is CCNC(=O)C(Cc1ccccc1)N(Cc1ccc(F)cc1)C(=O)CN(c1ccc(C(C)C)cc1)S(C)(=O)=O. The maximum Gasteiger partial charge on any atom is 0.244 e. The second-order valence-corrected chi connectivity index (χ2v) is 11.7. The monoisotopic (exact) mass is 553 g/mol. The summed E-state index contributed by atoms with van der Waals surface area (Å²) >= 11 is 0. The van der Waals surface area contributed by atoms with Crippen molar-refractivity contribution in [1.82, 2.24) is 10.2 Å². The highest BCUT2D eigenvalue weighted by atomic mass is 32.2. The molecule has 9 heteroatoms. The van der Waals surface area contributed by atoms with Gasteiger partial charge in [0.15, 0.2) is 0 Å². The minimum absolute atomic E-state index is 0.00234. The molecular weight excluding hydrogens is 517 g/mol. The molecule has 7 nitrogen and oxygen atoms in total. The van der Waals surface area contributed by atoms with Crippen LogP contribution in [0.4, 0.5) is 10.1 Å². The van der Waals surface area contributed by atoms with Gasteiger partial charge in [-0.25, -0.2) is 12.8 Å². The van der Waals surface area contributed by atoms with Crippen LogP contribution in [0.1, 0.15) is 43.4 Å². The number of amides is 2. The molecule has 0 radical (unpaired) electrons. The Kier molecular flexibility index (Phi) is 10.2. The first-order valence-corrected chi connectivity index (χ1v) is 14.8. The quantitative estimate of drug-likeness (QED) is 0.358. The van der Waals surface area contributed by atoms with Crippen molar-refractivity contribution in [2.24, 2.45) is 0 Å². The molecule has 0 saturated heterocycles. The molecule has 0 aliphatic heterocycles. The molecule has 2 amide bonds. The van der Waals surface area contributed by atoms with E-state index in [0.717, 1.165) is 21.7 Å². The van der Waals surface area contributed by atoms with Gasteiger partial charge >= 0.3 is 0 Å². The molecule has 1 atom stereocenters. The van der Waals surface area contributed by atoms with Crippen LogP contribution in [-0.4, -0.2) is 50.5 Å². The third kappa shape index (κ3) is 8.38. The summed E-state index contributed by atoms with van der Waals surface area (Å²) in [6.07, 6.45) is 1.27. The normalized spacial score (nSPS) is 12.2. The molecule has 3 aromatic carbocycles. The highest BCUT2D eigenvalue weighted by Crippen LogP contribution is 2.23. The van der Waals surface area contributed by atoms with Crippen molar-refractivity contribution in [3.63, 3.8) is 0 Å². The highest BCUT2D eigenvalue weighted by Gasteiger charge is 2.32. The minimum Gasteiger partial charge on any atom is -0.355 e. The van der Waals surface area contributed by atoms with Gasteiger partial charge in [0.2, 0.25) is 21.8 Å². The Morgan fingerprint density at radius 1 is 0.897 bits per heavy atom. The lowest BCUT2D eigenvalue weighted by Gasteiger charge is -2.33. The number of carbonyl (C=O) groups is 2. The average molecular weight is 554 g/mol. The Morgan fingerprint density at radius 2 is 1.51 bits per heavy atom. The van der Waals surface area contributed by atoms with Gasteiger partial charge in [-0.2, -0.15) is 0 Å². The highest BCUT2D eigenvalue weighted by molar-refractivity contribution is 7.92. The second-order valence-electron chi connectivity index (χ2n) is 9.76. The number of anilines is 1. The molecule has 0 aromatic heterocycles. The van der Waals surface area contributed by atoms with Crippen molar-refractivity contribution in [3.05, 3.63) is 101 Å². The largest absolute Gasteiger partial charge is 0.355 e. The fourth-order valence-corrected chi connectivity index (χ4v) is 5.12. The molecule has 39 heavy (non-hydrogen) atoms. The fraction of sp³-hybridized carbons (Fsp3) is 0.333. The predicted octanol–water partition coefficient (Wildman–Crippen LogP) is 4.49. The first-order valence-electron chi connectivity index (χ1n) is 12.9. The smallest absolute Gasteiger partial charge is 0.244 e. The van der Waals surface area contributed by atoms with Gasteiger partial charge in [0.05, 0.1) is 11.9 Å². The number of nitrogens with zero attached hydrogens (tertiary/aromatic N) is 2. The van der Waals surface area contributed by atoms with Crippen LogP contribution in [0.3, 0.4) is 0 Å². The molecule has 0 aliphatic carbocycles. The van der Waals surface area contributed by atoms with E-state index in [9.17, 15) is 22.4 Å². The van der Waals surface area contributed by atoms with Crippen LogP contribution >= 0.6 is 0 Å². The van der Waals surface area contributed by atoms with Crippen LogP contribution in [0.5, 0.6) is 0 Å². The Bertz CT molecular complexity index is 1350. The summed E-state index contributed by atoms with van der Waals surface area (Å²) in [7, 11) is -3.84. The number of hydrogen-bond acceptors (Lipinski definition) is 4. The van der Waals surface area contributed by atoms with Crippen LogP contribution in [-0.2, 0) is 32.6 Å². The maximum atomic E-state index is 13.9. The zero-order valence-electron chi connectivity index (χ0n) is 22.8. The van der Waals surface area contributed by atoms with Crippen LogP contribution in [0.15, 0.2) is 78.9 Å². The van der Waals surface area contributed by atoms with Crippen molar-refractivity contribution in [1.29, 1.82) is 0 Å². The Balaban J connectivity index is 2.02. The van der Waals surface area contributed by atoms with Gasteiger partial charge in [0.25, 0.3) is 0 Å². The minimum atomic E-state index is -3.84. The van der Waals surface area contributed by atoms with E-state index in [2.05, 4.69) is 5.32 Å². The van der Waals surface area contributed by atoms with Gasteiger partial charge in [-0.3, -0.25) is 13.9 Å². The molecular formula is C30H36FN3O4S. The maximum absolute atomic E-state index is 13.9. The summed E-state index contributed by atoms with van der Waals surface area (Å²) in [4.78, 5) is 28.6. The summed E-state index contributed by atoms with van der Waals surface area (Å²) in [6.45, 7) is 5.72. The number of benzene rings is 3. The molecule has 0 heterocycles. The Labute approximate surface area is 230 Å². The van der Waals surface area contributed by atoms with Gasteiger partial charge in [-0.15, -0.1) is 0 Å². The molecule has 0 aliphatic rings. The van der Waals surface area contributed by atoms with Crippen LogP contribution < -0.4 is 9.62 Å². The lowest BCUT2D eigenvalue weighted by atomic mass is 10.0. The van der Waals surface area contributed by atoms with Gasteiger partial charge in [-0.1, -0.05) is 68.4 Å². The lowest BCUT2D eigenvalue weighted by Crippen LogP contribution is -2.53. The van der Waals surface area contributed by atoms with Crippen molar-refractivity contribution < 1.29 is 22.4 Å². The molecule has 0 spiro atoms. The molecule has 3 aromatic rings. The van der Waals surface area contributed by atoms with Crippen LogP contribution in [0, 0.1) is 5.82 Å². The third-order valence-corrected chi connectivity index (χ3v) is 7.56. The number of nitrogens with one attached hydrogen (secondary N) is 1. The number of rotatable bonds is 12. The number of halogens is 1. The predicted molar refractivity (Wildman–Crippen MR) is 152 cm³/mol. The molecule has 0 saturated carbocycles. The number of carbonyl (C=O) groups excluding carboxylic acids is 2. The first kappa shape index (κ1) is 29.8. The van der Waals surface area contributed by atoms with Crippen molar-refractivity contribution >= 4 is 27.5 Å². The standard InChI is InChI=1S/C30H36FN3O4S/c1-5-32-30(36)28(19-23-9-7-6-8-10-23)33(20-24-11-15-26(31)16-12-24)29(35)21-34(39(4,37)38)27-17-13-25(14-18-27)22(2)3/h6-18,22,28H,5,19-21H2,1-4H3,(H,32,36). The van der Waals surface area contributed by atoms with E-state index in [1.807, 2.05) is 56.3 Å². The van der Waals surface area contributed by atoms with E-state index in [1.54, 1.807) is 31.2 Å². The summed E-state index contributed by atoms with van der Waals surface area (Å²) in [5.41, 5.74) is 2.85. The topological polar surface area (TPSA) is 86.8 Å². The molecule has 1 N–H and O–H groups in total. The summed E-state index contributed by atoms with van der Waals surface area (Å²) in [5.74, 6) is -1.07. The van der Waals surface area contributed by atoms with E-state index in [4.69, 9.17) is 0 Å². The molecule has 208 valence electrons. The van der Waals surface area contributed by atoms with Crippen molar-refractivity contribution in [2.45, 2.75) is 45.7 Å². The number of sulfonamides is 1. The van der Waals surface area contributed by atoms with E-state index < -0.39 is 34.3 Å². The van der Waals surface area contributed by atoms with E-state index in [1.165, 1.54) is 17.0 Å². The number of likely N-dealkylation sites (N-methyl/N-ethyl adjacent to an activating group) is 1. The fourth-order valence-electron chi connectivity index (χ4n) is 4.27. The van der Waals surface area contributed by atoms with E-state index in [0.29, 0.717) is 17.8 Å². The van der Waals surface area contributed by atoms with Crippen LogP contribution in [0.25, 0.3) is 0 Å². The van der Waals surface area contributed by atoms with Gasteiger partial charge in [0, 0.05) is 19.5 Å². The lowest BCUT2D eigenvalue weighted by molar-refractivity contribution is -0.140. The van der Waals surface area contributed by atoms with Crippen LogP contribution in [0.2, 0.25) is 0 Å². The zero-order chi connectivity index (χ0) is 28.6. The first-order chi connectivity index (χ1) is 18.5. The second kappa shape index (κ2) is 13.4. The van der Waals surface area contributed by atoms with Gasteiger partial charge in [-0.05, 0) is 53.8 Å². The summed E-state index contributed by atoms with van der Waals surface area (Å²) in [5, 5.41) is 2.80. The van der Waals surface area contributed by atoms with E-state index >= 15 is 0 Å². The molecule has 1 unspecified atom stereocenters. The van der Waals surface area contributed by atoms with Crippen molar-refractivity contribution in [2.75, 3.05) is 23.7 Å². The van der Waals surface area contributed by atoms with E-state index in [-0.39, 0.29) is 24.8 Å². The number of hydrogen-bond donors (Lipinski definition) is 1. The van der Waals surface area contributed by atoms with Crippen molar-refractivity contribution in [3.8, 4) is 0 Å². The Hall–Kier alpha value is -3.72. The Morgan fingerprint density at radius 3 is 2.05 bits per heavy atom. The molecule has 0 bridgehead atoms. The summed E-state index contributed by atoms with van der Waals surface area (Å²) in [6, 6.07) is 21.1. The van der Waals surface area contributed by atoms with Gasteiger partial charge < -0.3 is 10.2 Å². The third-order valence-electron chi connectivity index (χ3n) is 6.42. The molecule has 0 fully saturated rings. The molecule has 3 rings (SSSR count). The summed E-state index contributed by atoms with van der Waals surface area (Å²) < 4.78 is 40.3. The van der Waals surface area contributed by atoms with Gasteiger partial charge in [0.1, 0.15) is 18.4 Å².